The van der Waals surface area contributed by atoms with Gasteiger partial charge in [-0.1, -0.05) is 48.5 Å². The molecule has 7 rings (SSSR count). The second-order valence-electron chi connectivity index (χ2n) is 8.98. The van der Waals surface area contributed by atoms with Crippen LogP contribution in [0.25, 0.3) is 66.4 Å². The summed E-state index contributed by atoms with van der Waals surface area (Å²) in [6.45, 7) is 5.87. The van der Waals surface area contributed by atoms with Gasteiger partial charge in [-0.05, 0) is 61.7 Å². The van der Waals surface area contributed by atoms with Gasteiger partial charge in [0, 0.05) is 27.1 Å². The highest BCUT2D eigenvalue weighted by Crippen LogP contribution is 2.41. The van der Waals surface area contributed by atoms with E-state index in [9.17, 15) is 0 Å². The van der Waals surface area contributed by atoms with E-state index in [0.29, 0.717) is 17.5 Å². The summed E-state index contributed by atoms with van der Waals surface area (Å²) in [5, 5.41) is 4.30. The van der Waals surface area contributed by atoms with E-state index >= 15 is 0 Å². The van der Waals surface area contributed by atoms with Gasteiger partial charge in [0.05, 0.1) is 0 Å². The summed E-state index contributed by atoms with van der Waals surface area (Å²) < 4.78 is 12.5. The minimum Gasteiger partial charge on any atom is -0.456 e. The summed E-state index contributed by atoms with van der Waals surface area (Å²) in [6.07, 6.45) is 0. The molecule has 0 N–H and O–H groups in total. The molecule has 0 unspecified atom stereocenters. The predicted molar refractivity (Wildman–Crippen MR) is 139 cm³/mol. The van der Waals surface area contributed by atoms with Crippen LogP contribution in [0.1, 0.15) is 17.2 Å². The molecule has 5 heteroatoms. The molecule has 0 aliphatic carbocycles. The molecule has 0 spiro atoms. The van der Waals surface area contributed by atoms with Crippen LogP contribution in [-0.2, 0) is 0 Å². The van der Waals surface area contributed by atoms with Crippen molar-refractivity contribution in [1.29, 1.82) is 0 Å². The number of furan rings is 2. The summed E-state index contributed by atoms with van der Waals surface area (Å²) in [5.74, 6) is 2.06. The van der Waals surface area contributed by atoms with E-state index in [-0.39, 0.29) is 0 Å². The van der Waals surface area contributed by atoms with E-state index in [1.165, 1.54) is 0 Å². The molecule has 0 saturated heterocycles. The van der Waals surface area contributed by atoms with Crippen LogP contribution in [-0.4, -0.2) is 15.0 Å². The third-order valence-corrected chi connectivity index (χ3v) is 6.63. The normalized spacial score (nSPS) is 11.9. The summed E-state index contributed by atoms with van der Waals surface area (Å²) in [5.41, 5.74) is 7.78. The minimum absolute atomic E-state index is 0.659. The number of para-hydroxylation sites is 1. The molecule has 3 aromatic heterocycles. The Labute approximate surface area is 201 Å². The quantitative estimate of drug-likeness (QED) is 0.265. The number of hydrogen-bond donors (Lipinski definition) is 0. The molecule has 0 aliphatic heterocycles. The van der Waals surface area contributed by atoms with Crippen molar-refractivity contribution in [3.8, 4) is 22.5 Å². The van der Waals surface area contributed by atoms with Crippen LogP contribution in [0.3, 0.4) is 0 Å². The lowest BCUT2D eigenvalue weighted by molar-refractivity contribution is 0.666. The molecule has 0 amide bonds. The van der Waals surface area contributed by atoms with Gasteiger partial charge >= 0.3 is 0 Å². The van der Waals surface area contributed by atoms with Crippen LogP contribution in [0.5, 0.6) is 0 Å². The van der Waals surface area contributed by atoms with Crippen LogP contribution in [0.4, 0.5) is 0 Å². The number of aromatic nitrogens is 3. The van der Waals surface area contributed by atoms with Gasteiger partial charge in [0.15, 0.2) is 5.82 Å². The Morgan fingerprint density at radius 3 is 2.20 bits per heavy atom. The van der Waals surface area contributed by atoms with Crippen LogP contribution < -0.4 is 0 Å². The molecule has 7 aromatic rings. The van der Waals surface area contributed by atoms with Crippen molar-refractivity contribution in [2.24, 2.45) is 0 Å². The molecule has 168 valence electrons. The van der Waals surface area contributed by atoms with Gasteiger partial charge in [0.25, 0.3) is 0 Å². The molecule has 0 saturated carbocycles. The lowest BCUT2D eigenvalue weighted by atomic mass is 9.96. The molecule has 0 bridgehead atoms. The van der Waals surface area contributed by atoms with E-state index in [4.69, 9.17) is 8.83 Å². The molecular formula is C30H21N3O2. The fraction of sp³-hybridized carbons (Fsp3) is 0.100. The average molecular weight is 456 g/mol. The Bertz CT molecular complexity index is 1920. The molecule has 0 atom stereocenters. The van der Waals surface area contributed by atoms with Crippen LogP contribution in [0.2, 0.25) is 0 Å². The van der Waals surface area contributed by atoms with Gasteiger partial charge in [0.2, 0.25) is 0 Å². The Morgan fingerprint density at radius 1 is 0.571 bits per heavy atom. The molecule has 5 nitrogen and oxygen atoms in total. The van der Waals surface area contributed by atoms with Crippen molar-refractivity contribution in [1.82, 2.24) is 15.0 Å². The van der Waals surface area contributed by atoms with Crippen LogP contribution in [0, 0.1) is 20.8 Å². The second kappa shape index (κ2) is 7.24. The first-order valence-electron chi connectivity index (χ1n) is 11.6. The molecular weight excluding hydrogens is 434 g/mol. The van der Waals surface area contributed by atoms with Gasteiger partial charge in [-0.3, -0.25) is 0 Å². The number of aryl methyl sites for hydroxylation is 3. The van der Waals surface area contributed by atoms with Gasteiger partial charge in [-0.2, -0.15) is 0 Å². The third kappa shape index (κ3) is 2.98. The molecule has 3 heterocycles. The largest absolute Gasteiger partial charge is 0.456 e. The van der Waals surface area contributed by atoms with E-state index in [1.54, 1.807) is 0 Å². The lowest BCUT2D eigenvalue weighted by Gasteiger charge is -2.07. The fourth-order valence-corrected chi connectivity index (χ4v) is 5.12. The number of nitrogens with zero attached hydrogens (tertiary/aromatic N) is 3. The summed E-state index contributed by atoms with van der Waals surface area (Å²) in [4.78, 5) is 13.6. The standard InChI is InChI=1S/C30H21N3O2/c1-16-11-13-20(28-21-7-4-5-9-24(21)35-29(16)28)19-12-14-25-23(15-19)27-22(8-6-10-26(27)34-25)30-32-17(2)31-18(3)33-30/h4-15H,1-3H3. The summed E-state index contributed by atoms with van der Waals surface area (Å²) in [7, 11) is 0. The third-order valence-electron chi connectivity index (χ3n) is 6.63. The van der Waals surface area contributed by atoms with Crippen molar-refractivity contribution < 1.29 is 8.83 Å². The van der Waals surface area contributed by atoms with E-state index < -0.39 is 0 Å². The van der Waals surface area contributed by atoms with E-state index in [0.717, 1.165) is 66.1 Å². The van der Waals surface area contributed by atoms with Crippen LogP contribution >= 0.6 is 0 Å². The SMILES string of the molecule is Cc1nc(C)nc(-c2cccc3oc4ccc(-c5ccc(C)c6oc7ccccc7c56)cc4c23)n1. The van der Waals surface area contributed by atoms with Gasteiger partial charge in [-0.25, -0.2) is 15.0 Å². The predicted octanol–water partition coefficient (Wildman–Crippen LogP) is 7.93. The topological polar surface area (TPSA) is 65.0 Å². The molecule has 0 aliphatic rings. The monoisotopic (exact) mass is 455 g/mol. The minimum atomic E-state index is 0.659. The Balaban J connectivity index is 1.54. The van der Waals surface area contributed by atoms with Crippen molar-refractivity contribution >= 4 is 43.9 Å². The first-order chi connectivity index (χ1) is 17.1. The number of hydrogen-bond acceptors (Lipinski definition) is 5. The zero-order chi connectivity index (χ0) is 23.7. The number of rotatable bonds is 2. The maximum Gasteiger partial charge on any atom is 0.164 e. The number of benzene rings is 4. The van der Waals surface area contributed by atoms with Gasteiger partial charge in [0.1, 0.15) is 34.0 Å². The zero-order valence-electron chi connectivity index (χ0n) is 19.6. The smallest absolute Gasteiger partial charge is 0.164 e. The average Bonchev–Trinajstić information content (AvgIpc) is 3.43. The first-order valence-corrected chi connectivity index (χ1v) is 11.6. The first kappa shape index (κ1) is 19.9. The van der Waals surface area contributed by atoms with Crippen molar-refractivity contribution in [2.75, 3.05) is 0 Å². The Hall–Kier alpha value is -4.51. The lowest BCUT2D eigenvalue weighted by Crippen LogP contribution is -1.98. The molecule has 35 heavy (non-hydrogen) atoms. The van der Waals surface area contributed by atoms with Crippen LogP contribution in [0.15, 0.2) is 81.6 Å². The highest BCUT2D eigenvalue weighted by molar-refractivity contribution is 6.16. The van der Waals surface area contributed by atoms with E-state index in [2.05, 4.69) is 58.3 Å². The maximum atomic E-state index is 6.25. The Morgan fingerprint density at radius 2 is 1.34 bits per heavy atom. The van der Waals surface area contributed by atoms with E-state index in [1.807, 2.05) is 50.2 Å². The summed E-state index contributed by atoms with van der Waals surface area (Å²) in [6, 6.07) is 24.9. The highest BCUT2D eigenvalue weighted by atomic mass is 16.3. The van der Waals surface area contributed by atoms with Crippen molar-refractivity contribution in [3.63, 3.8) is 0 Å². The van der Waals surface area contributed by atoms with Crippen molar-refractivity contribution in [3.05, 3.63) is 90.0 Å². The molecule has 0 radical (unpaired) electrons. The molecule has 0 fully saturated rings. The van der Waals surface area contributed by atoms with Gasteiger partial charge in [-0.15, -0.1) is 0 Å². The van der Waals surface area contributed by atoms with Crippen molar-refractivity contribution in [2.45, 2.75) is 20.8 Å². The van der Waals surface area contributed by atoms with Gasteiger partial charge < -0.3 is 8.83 Å². The fourth-order valence-electron chi connectivity index (χ4n) is 5.12. The second-order valence-corrected chi connectivity index (χ2v) is 8.98. The number of fused-ring (bicyclic) bond motifs is 6. The highest BCUT2D eigenvalue weighted by Gasteiger charge is 2.18. The molecule has 4 aromatic carbocycles. The zero-order valence-corrected chi connectivity index (χ0v) is 19.6. The Kier molecular flexibility index (Phi) is 4.12. The summed E-state index contributed by atoms with van der Waals surface area (Å²) >= 11 is 0. The maximum absolute atomic E-state index is 6.25.